The molecule has 3 N–H and O–H groups in total. The molecule has 17 heavy (non-hydrogen) atoms. The molecular formula is C13H25N3O. The summed E-state index contributed by atoms with van der Waals surface area (Å²) in [7, 11) is 2.14. The molecule has 4 heteroatoms. The Hall–Kier alpha value is -0.610. The fourth-order valence-electron chi connectivity index (χ4n) is 3.05. The first kappa shape index (κ1) is 12.8. The number of carbonyl (C=O) groups is 1. The van der Waals surface area contributed by atoms with Gasteiger partial charge in [-0.1, -0.05) is 6.42 Å². The second kappa shape index (κ2) is 5.83. The first-order chi connectivity index (χ1) is 8.15. The second-order valence-corrected chi connectivity index (χ2v) is 5.79. The first-order valence-corrected chi connectivity index (χ1v) is 6.87. The molecule has 0 aromatic heterocycles. The average molecular weight is 239 g/mol. The number of hydrogen-bond donors (Lipinski definition) is 2. The van der Waals surface area contributed by atoms with Crippen molar-refractivity contribution in [2.45, 2.75) is 38.1 Å². The highest BCUT2D eigenvalue weighted by Gasteiger charge is 2.26. The van der Waals surface area contributed by atoms with E-state index in [1.54, 1.807) is 0 Å². The van der Waals surface area contributed by atoms with Gasteiger partial charge in [0.25, 0.3) is 0 Å². The highest BCUT2D eigenvalue weighted by molar-refractivity contribution is 5.78. The zero-order valence-electron chi connectivity index (χ0n) is 10.8. The van der Waals surface area contributed by atoms with E-state index in [0.29, 0.717) is 5.92 Å². The summed E-state index contributed by atoms with van der Waals surface area (Å²) in [5.41, 5.74) is 5.91. The van der Waals surface area contributed by atoms with Crippen LogP contribution in [0.2, 0.25) is 0 Å². The van der Waals surface area contributed by atoms with Gasteiger partial charge in [-0.3, -0.25) is 4.79 Å². The SMILES string of the molecule is CN1CCC(CNC(=O)C2CCCC(N)C2)C1. The molecule has 1 aliphatic carbocycles. The lowest BCUT2D eigenvalue weighted by Gasteiger charge is -2.26. The summed E-state index contributed by atoms with van der Waals surface area (Å²) in [6.07, 6.45) is 5.28. The maximum absolute atomic E-state index is 12.0. The maximum Gasteiger partial charge on any atom is 0.223 e. The van der Waals surface area contributed by atoms with Crippen molar-refractivity contribution < 1.29 is 4.79 Å². The van der Waals surface area contributed by atoms with Gasteiger partial charge in [-0.15, -0.1) is 0 Å². The highest BCUT2D eigenvalue weighted by Crippen LogP contribution is 2.23. The van der Waals surface area contributed by atoms with Crippen molar-refractivity contribution in [3.8, 4) is 0 Å². The van der Waals surface area contributed by atoms with E-state index in [9.17, 15) is 4.79 Å². The number of likely N-dealkylation sites (tertiary alicyclic amines) is 1. The number of amides is 1. The van der Waals surface area contributed by atoms with Crippen LogP contribution in [0.25, 0.3) is 0 Å². The molecule has 1 aliphatic heterocycles. The Kier molecular flexibility index (Phi) is 4.40. The molecule has 4 nitrogen and oxygen atoms in total. The third kappa shape index (κ3) is 3.68. The van der Waals surface area contributed by atoms with Crippen LogP contribution in [0.5, 0.6) is 0 Å². The first-order valence-electron chi connectivity index (χ1n) is 6.87. The van der Waals surface area contributed by atoms with E-state index in [1.165, 1.54) is 6.42 Å². The van der Waals surface area contributed by atoms with Crippen LogP contribution in [0, 0.1) is 11.8 Å². The highest BCUT2D eigenvalue weighted by atomic mass is 16.1. The van der Waals surface area contributed by atoms with Gasteiger partial charge in [-0.05, 0) is 45.2 Å². The number of hydrogen-bond acceptors (Lipinski definition) is 3. The normalized spacial score (nSPS) is 34.8. The van der Waals surface area contributed by atoms with Gasteiger partial charge in [0.1, 0.15) is 0 Å². The van der Waals surface area contributed by atoms with Crippen LogP contribution in [-0.2, 0) is 4.79 Å². The van der Waals surface area contributed by atoms with Crippen molar-refractivity contribution in [2.24, 2.45) is 17.6 Å². The van der Waals surface area contributed by atoms with Gasteiger partial charge in [-0.2, -0.15) is 0 Å². The minimum Gasteiger partial charge on any atom is -0.356 e. The van der Waals surface area contributed by atoms with Crippen molar-refractivity contribution in [1.29, 1.82) is 0 Å². The summed E-state index contributed by atoms with van der Waals surface area (Å²) in [6, 6.07) is 0.233. The smallest absolute Gasteiger partial charge is 0.223 e. The van der Waals surface area contributed by atoms with Crippen LogP contribution in [0.4, 0.5) is 0 Å². The molecule has 2 aliphatic rings. The van der Waals surface area contributed by atoms with Crippen LogP contribution in [-0.4, -0.2) is 43.5 Å². The third-order valence-electron chi connectivity index (χ3n) is 4.14. The van der Waals surface area contributed by atoms with Gasteiger partial charge >= 0.3 is 0 Å². The molecule has 2 fully saturated rings. The molecule has 2 rings (SSSR count). The summed E-state index contributed by atoms with van der Waals surface area (Å²) >= 11 is 0. The number of nitrogens with two attached hydrogens (primary N) is 1. The molecule has 1 saturated heterocycles. The predicted molar refractivity (Wildman–Crippen MR) is 68.5 cm³/mol. The van der Waals surface area contributed by atoms with Gasteiger partial charge in [0, 0.05) is 25.0 Å². The van der Waals surface area contributed by atoms with Gasteiger partial charge in [0.05, 0.1) is 0 Å². The van der Waals surface area contributed by atoms with Crippen molar-refractivity contribution in [1.82, 2.24) is 10.2 Å². The zero-order valence-corrected chi connectivity index (χ0v) is 10.8. The van der Waals surface area contributed by atoms with Crippen LogP contribution < -0.4 is 11.1 Å². The van der Waals surface area contributed by atoms with Crippen molar-refractivity contribution in [3.05, 3.63) is 0 Å². The van der Waals surface area contributed by atoms with E-state index >= 15 is 0 Å². The number of rotatable bonds is 3. The van der Waals surface area contributed by atoms with E-state index < -0.39 is 0 Å². The largest absolute Gasteiger partial charge is 0.356 e. The maximum atomic E-state index is 12.0. The summed E-state index contributed by atoms with van der Waals surface area (Å²) in [5, 5.41) is 3.11. The number of nitrogens with one attached hydrogen (secondary N) is 1. The quantitative estimate of drug-likeness (QED) is 0.757. The Balaban J connectivity index is 1.69. The topological polar surface area (TPSA) is 58.4 Å². The van der Waals surface area contributed by atoms with E-state index in [1.807, 2.05) is 0 Å². The molecule has 0 spiro atoms. The Morgan fingerprint density at radius 3 is 2.88 bits per heavy atom. The third-order valence-corrected chi connectivity index (χ3v) is 4.14. The summed E-state index contributed by atoms with van der Waals surface area (Å²) in [4.78, 5) is 14.3. The van der Waals surface area contributed by atoms with Gasteiger partial charge in [0.2, 0.25) is 5.91 Å². The average Bonchev–Trinajstić information content (AvgIpc) is 2.72. The van der Waals surface area contributed by atoms with Crippen LogP contribution >= 0.6 is 0 Å². The molecule has 0 aromatic carbocycles. The van der Waals surface area contributed by atoms with Gasteiger partial charge in [0.15, 0.2) is 0 Å². The fraction of sp³-hybridized carbons (Fsp3) is 0.923. The molecule has 98 valence electrons. The van der Waals surface area contributed by atoms with E-state index in [2.05, 4.69) is 17.3 Å². The molecule has 1 amide bonds. The standard InChI is InChI=1S/C13H25N3O/c1-16-6-5-10(9-16)8-15-13(17)11-3-2-4-12(14)7-11/h10-12H,2-9,14H2,1H3,(H,15,17). The van der Waals surface area contributed by atoms with E-state index in [0.717, 1.165) is 45.3 Å². The molecule has 0 radical (unpaired) electrons. The molecule has 0 bridgehead atoms. The minimum atomic E-state index is 0.165. The predicted octanol–water partition coefficient (Wildman–Crippen LogP) is 0.572. The number of nitrogens with zero attached hydrogens (tertiary/aromatic N) is 1. The number of carbonyl (C=O) groups excluding carboxylic acids is 1. The lowest BCUT2D eigenvalue weighted by molar-refractivity contribution is -0.126. The molecule has 3 atom stereocenters. The lowest BCUT2D eigenvalue weighted by atomic mass is 9.85. The Bertz CT molecular complexity index is 269. The van der Waals surface area contributed by atoms with Crippen molar-refractivity contribution in [3.63, 3.8) is 0 Å². The zero-order chi connectivity index (χ0) is 12.3. The second-order valence-electron chi connectivity index (χ2n) is 5.79. The van der Waals surface area contributed by atoms with E-state index in [-0.39, 0.29) is 17.9 Å². The summed E-state index contributed by atoms with van der Waals surface area (Å²) < 4.78 is 0. The van der Waals surface area contributed by atoms with Gasteiger partial charge < -0.3 is 16.0 Å². The Morgan fingerprint density at radius 2 is 2.24 bits per heavy atom. The van der Waals surface area contributed by atoms with Crippen LogP contribution in [0.3, 0.4) is 0 Å². The Morgan fingerprint density at radius 1 is 1.41 bits per heavy atom. The minimum absolute atomic E-state index is 0.165. The molecule has 1 heterocycles. The Labute approximate surface area is 104 Å². The van der Waals surface area contributed by atoms with Crippen LogP contribution in [0.15, 0.2) is 0 Å². The molecule has 0 aromatic rings. The van der Waals surface area contributed by atoms with E-state index in [4.69, 9.17) is 5.73 Å². The summed E-state index contributed by atoms with van der Waals surface area (Å²) in [6.45, 7) is 3.12. The molecular weight excluding hydrogens is 214 g/mol. The van der Waals surface area contributed by atoms with Crippen molar-refractivity contribution >= 4 is 5.91 Å². The van der Waals surface area contributed by atoms with Crippen molar-refractivity contribution in [2.75, 3.05) is 26.7 Å². The molecule has 3 unspecified atom stereocenters. The van der Waals surface area contributed by atoms with Gasteiger partial charge in [-0.25, -0.2) is 0 Å². The monoisotopic (exact) mass is 239 g/mol. The summed E-state index contributed by atoms with van der Waals surface area (Å²) in [5.74, 6) is 1.04. The fourth-order valence-corrected chi connectivity index (χ4v) is 3.05. The van der Waals surface area contributed by atoms with Crippen LogP contribution in [0.1, 0.15) is 32.1 Å². The lowest BCUT2D eigenvalue weighted by Crippen LogP contribution is -2.39. The molecule has 1 saturated carbocycles.